The molecule has 2 aliphatic rings. The number of nitrogens with zero attached hydrogens (tertiary/aromatic N) is 1. The number of carbonyl (C=O) groups excluding carboxylic acids is 2. The highest BCUT2D eigenvalue weighted by molar-refractivity contribution is 6.51. The van der Waals surface area contributed by atoms with E-state index in [9.17, 15) is 14.7 Å². The second kappa shape index (κ2) is 8.19. The first-order valence-electron chi connectivity index (χ1n) is 11.1. The molecular weight excluding hydrogens is 404 g/mol. The van der Waals surface area contributed by atoms with Crippen LogP contribution in [-0.4, -0.2) is 34.9 Å². The Morgan fingerprint density at radius 3 is 2.50 bits per heavy atom. The number of carbonyl (C=O) groups is 2. The number of hydrogen-bond acceptors (Lipinski definition) is 4. The van der Waals surface area contributed by atoms with Crippen molar-refractivity contribution >= 4 is 34.0 Å². The van der Waals surface area contributed by atoms with Crippen LogP contribution in [0.25, 0.3) is 16.7 Å². The largest absolute Gasteiger partial charge is 0.507 e. The summed E-state index contributed by atoms with van der Waals surface area (Å²) in [5.74, 6) is -0.539. The minimum absolute atomic E-state index is 0.119. The van der Waals surface area contributed by atoms with Crippen LogP contribution in [0.3, 0.4) is 0 Å². The van der Waals surface area contributed by atoms with Crippen LogP contribution >= 0.6 is 0 Å². The highest BCUT2D eigenvalue weighted by Gasteiger charge is 2.49. The number of anilines is 1. The predicted molar refractivity (Wildman–Crippen MR) is 124 cm³/mol. The van der Waals surface area contributed by atoms with Gasteiger partial charge in [0.2, 0.25) is 0 Å². The fraction of sp³-hybridized carbons (Fsp3) is 0.308. The first-order valence-corrected chi connectivity index (χ1v) is 11.1. The van der Waals surface area contributed by atoms with E-state index >= 15 is 0 Å². The van der Waals surface area contributed by atoms with Gasteiger partial charge in [-0.2, -0.15) is 0 Å². The van der Waals surface area contributed by atoms with Crippen molar-refractivity contribution in [2.24, 2.45) is 5.92 Å². The summed E-state index contributed by atoms with van der Waals surface area (Å²) in [4.78, 5) is 31.3. The first-order chi connectivity index (χ1) is 15.6. The third-order valence-corrected chi connectivity index (χ3v) is 6.76. The zero-order valence-electron chi connectivity index (χ0n) is 18.0. The third-order valence-electron chi connectivity index (χ3n) is 6.76. The zero-order valence-corrected chi connectivity index (χ0v) is 18.0. The Hall–Kier alpha value is -3.54. The van der Waals surface area contributed by atoms with Gasteiger partial charge in [0.05, 0.1) is 18.7 Å². The Balaban J connectivity index is 1.64. The van der Waals surface area contributed by atoms with Crippen LogP contribution in [0.4, 0.5) is 5.69 Å². The average Bonchev–Trinajstić information content (AvgIpc) is 3.41. The Labute approximate surface area is 186 Å². The number of ketones is 1. The van der Waals surface area contributed by atoms with Gasteiger partial charge in [-0.05, 0) is 67.3 Å². The number of hydrogen-bond donors (Lipinski definition) is 2. The van der Waals surface area contributed by atoms with Gasteiger partial charge in [0, 0.05) is 28.4 Å². The van der Waals surface area contributed by atoms with Gasteiger partial charge in [0.15, 0.2) is 0 Å². The summed E-state index contributed by atoms with van der Waals surface area (Å²) in [5, 5.41) is 12.2. The highest BCUT2D eigenvalue weighted by Crippen LogP contribution is 2.41. The van der Waals surface area contributed by atoms with Crippen LogP contribution < -0.4 is 9.64 Å². The van der Waals surface area contributed by atoms with Crippen LogP contribution in [0.1, 0.15) is 37.7 Å². The van der Waals surface area contributed by atoms with Gasteiger partial charge in [-0.1, -0.05) is 19.3 Å². The maximum absolute atomic E-state index is 13.3. The summed E-state index contributed by atoms with van der Waals surface area (Å²) in [6, 6.07) is 14.1. The molecule has 0 radical (unpaired) electrons. The number of aliphatic hydroxyl groups excluding tert-OH is 1. The van der Waals surface area contributed by atoms with Crippen LogP contribution in [-0.2, 0) is 9.59 Å². The van der Waals surface area contributed by atoms with Gasteiger partial charge in [0.25, 0.3) is 11.7 Å². The summed E-state index contributed by atoms with van der Waals surface area (Å²) in [6.07, 6.45) is 6.98. The van der Waals surface area contributed by atoms with Gasteiger partial charge < -0.3 is 14.8 Å². The number of amides is 1. The molecule has 1 saturated carbocycles. The van der Waals surface area contributed by atoms with Crippen molar-refractivity contribution in [1.29, 1.82) is 0 Å². The molecule has 1 aromatic heterocycles. The Bertz CT molecular complexity index is 1200. The molecule has 5 rings (SSSR count). The molecule has 0 bridgehead atoms. The Morgan fingerprint density at radius 1 is 1.03 bits per heavy atom. The fourth-order valence-corrected chi connectivity index (χ4v) is 5.13. The van der Waals surface area contributed by atoms with E-state index in [4.69, 9.17) is 4.74 Å². The summed E-state index contributed by atoms with van der Waals surface area (Å²) in [7, 11) is 1.57. The van der Waals surface area contributed by atoms with E-state index in [0.717, 1.165) is 43.0 Å². The number of Topliss-reactive ketones (excluding diaryl/α,β-unsaturated/α-hetero) is 1. The van der Waals surface area contributed by atoms with Gasteiger partial charge >= 0.3 is 0 Å². The van der Waals surface area contributed by atoms with E-state index in [1.807, 2.05) is 30.5 Å². The third kappa shape index (κ3) is 3.36. The number of aromatic amines is 1. The normalized spacial score (nSPS) is 21.4. The van der Waals surface area contributed by atoms with Crippen molar-refractivity contribution in [3.8, 4) is 5.75 Å². The molecule has 1 amide bonds. The molecule has 32 heavy (non-hydrogen) atoms. The van der Waals surface area contributed by atoms with Crippen molar-refractivity contribution in [1.82, 2.24) is 4.98 Å². The number of aromatic nitrogens is 1. The molecular formula is C26H26N2O4. The molecule has 2 aromatic carbocycles. The number of aliphatic hydroxyl groups is 1. The van der Waals surface area contributed by atoms with Crippen LogP contribution in [0.2, 0.25) is 0 Å². The number of H-pyrrole nitrogens is 1. The molecule has 6 nitrogen and oxygen atoms in total. The standard InChI is InChI=1S/C26H26N2O4/c1-32-20-10-7-17(8-11-20)24(29)22-23(16-5-3-2-4-6-16)28(26(31)25(22)30)19-9-12-21-18(15-19)13-14-27-21/h7-16,23,27,29H,2-6H2,1H3. The number of nitrogens with one attached hydrogen (secondary N) is 1. The van der Waals surface area contributed by atoms with E-state index in [-0.39, 0.29) is 17.3 Å². The van der Waals surface area contributed by atoms with E-state index in [1.54, 1.807) is 36.3 Å². The molecule has 6 heteroatoms. The number of benzene rings is 2. The molecule has 2 heterocycles. The molecule has 2 fully saturated rings. The number of ether oxygens (including phenoxy) is 1. The summed E-state index contributed by atoms with van der Waals surface area (Å²) in [6.45, 7) is 0. The lowest BCUT2D eigenvalue weighted by atomic mass is 9.80. The van der Waals surface area contributed by atoms with Crippen molar-refractivity contribution in [2.75, 3.05) is 12.0 Å². The molecule has 164 valence electrons. The van der Waals surface area contributed by atoms with Crippen LogP contribution in [0, 0.1) is 5.92 Å². The lowest BCUT2D eigenvalue weighted by Gasteiger charge is -2.34. The smallest absolute Gasteiger partial charge is 0.299 e. The monoisotopic (exact) mass is 430 g/mol. The topological polar surface area (TPSA) is 82.6 Å². The number of methoxy groups -OCH3 is 1. The van der Waals surface area contributed by atoms with E-state index in [1.165, 1.54) is 0 Å². The lowest BCUT2D eigenvalue weighted by Crippen LogP contribution is -2.40. The molecule has 1 atom stereocenters. The SMILES string of the molecule is COc1ccc(C(O)=C2C(=O)C(=O)N(c3ccc4[nH]ccc4c3)C2C2CCCCC2)cc1. The Kier molecular flexibility index (Phi) is 5.21. The van der Waals surface area contributed by atoms with Gasteiger partial charge in [-0.3, -0.25) is 14.5 Å². The van der Waals surface area contributed by atoms with Crippen LogP contribution in [0.15, 0.2) is 60.3 Å². The minimum atomic E-state index is -0.622. The molecule has 1 aliphatic heterocycles. The van der Waals surface area contributed by atoms with E-state index in [2.05, 4.69) is 4.98 Å². The second-order valence-electron chi connectivity index (χ2n) is 8.59. The minimum Gasteiger partial charge on any atom is -0.507 e. The molecule has 1 unspecified atom stereocenters. The maximum Gasteiger partial charge on any atom is 0.299 e. The predicted octanol–water partition coefficient (Wildman–Crippen LogP) is 5.01. The molecule has 1 aliphatic carbocycles. The lowest BCUT2D eigenvalue weighted by molar-refractivity contribution is -0.132. The van der Waals surface area contributed by atoms with Gasteiger partial charge in [-0.15, -0.1) is 0 Å². The molecule has 1 saturated heterocycles. The van der Waals surface area contributed by atoms with Crippen molar-refractivity contribution in [3.05, 3.63) is 65.9 Å². The summed E-state index contributed by atoms with van der Waals surface area (Å²) in [5.41, 5.74) is 2.37. The first kappa shape index (κ1) is 20.4. The van der Waals surface area contributed by atoms with Crippen molar-refractivity contribution in [2.45, 2.75) is 38.1 Å². The van der Waals surface area contributed by atoms with Crippen molar-refractivity contribution in [3.63, 3.8) is 0 Å². The molecule has 3 aromatic rings. The summed E-state index contributed by atoms with van der Waals surface area (Å²) < 4.78 is 5.20. The molecule has 2 N–H and O–H groups in total. The zero-order chi connectivity index (χ0) is 22.2. The van der Waals surface area contributed by atoms with Gasteiger partial charge in [0.1, 0.15) is 11.5 Å². The number of rotatable bonds is 4. The number of fused-ring (bicyclic) bond motifs is 1. The fourth-order valence-electron chi connectivity index (χ4n) is 5.13. The average molecular weight is 431 g/mol. The highest BCUT2D eigenvalue weighted by atomic mass is 16.5. The summed E-state index contributed by atoms with van der Waals surface area (Å²) >= 11 is 0. The second-order valence-corrected chi connectivity index (χ2v) is 8.59. The van der Waals surface area contributed by atoms with E-state index in [0.29, 0.717) is 17.0 Å². The van der Waals surface area contributed by atoms with Crippen LogP contribution in [0.5, 0.6) is 5.75 Å². The maximum atomic E-state index is 13.3. The Morgan fingerprint density at radius 2 is 1.78 bits per heavy atom. The molecule has 0 spiro atoms. The quantitative estimate of drug-likeness (QED) is 0.346. The van der Waals surface area contributed by atoms with E-state index < -0.39 is 17.7 Å². The van der Waals surface area contributed by atoms with Gasteiger partial charge in [-0.25, -0.2) is 0 Å². The van der Waals surface area contributed by atoms with Crippen molar-refractivity contribution < 1.29 is 19.4 Å².